The van der Waals surface area contributed by atoms with Gasteiger partial charge in [-0.25, -0.2) is 0 Å². The maximum Gasteiger partial charge on any atom is 0.152 e. The Bertz CT molecular complexity index is 225. The van der Waals surface area contributed by atoms with Crippen molar-refractivity contribution in [2.45, 2.75) is 92.8 Å². The molecular weight excluding hydrogens is 248 g/mol. The minimum Gasteiger partial charge on any atom is -0.315 e. The van der Waals surface area contributed by atoms with Crippen LogP contribution >= 0.6 is 0 Å². The van der Waals surface area contributed by atoms with Crippen LogP contribution in [0.2, 0.25) is 0 Å². The lowest BCUT2D eigenvalue weighted by Crippen LogP contribution is -2.42. The van der Waals surface area contributed by atoms with Gasteiger partial charge in [0.15, 0.2) is 5.78 Å². The molecule has 1 atom stereocenters. The third-order valence-corrected chi connectivity index (χ3v) is 2.92. The van der Waals surface area contributed by atoms with E-state index in [0.29, 0.717) is 17.9 Å². The Morgan fingerprint density at radius 3 is 1.85 bits per heavy atom. The molecule has 0 saturated carbocycles. The maximum atomic E-state index is 12.1. The molecule has 2 N–H and O–H groups in total. The molecule has 122 valence electrons. The number of Topliss-reactive ketones (excluding diaryl/α,β-unsaturated/α-hetero) is 1. The summed E-state index contributed by atoms with van der Waals surface area (Å²) in [5, 5.41) is 6.80. The van der Waals surface area contributed by atoms with Crippen LogP contribution < -0.4 is 10.6 Å². The van der Waals surface area contributed by atoms with Crippen LogP contribution in [0.1, 0.15) is 74.7 Å². The Morgan fingerprint density at radius 1 is 0.900 bits per heavy atom. The van der Waals surface area contributed by atoms with Gasteiger partial charge >= 0.3 is 0 Å². The SMILES string of the molecule is CC.CC(C)NCCCCC(NC(C)C)C(=O)C(C)C. The fourth-order valence-electron chi connectivity index (χ4n) is 1.98. The van der Waals surface area contributed by atoms with Crippen LogP contribution in [0.5, 0.6) is 0 Å². The van der Waals surface area contributed by atoms with Crippen molar-refractivity contribution in [2.75, 3.05) is 6.54 Å². The molecule has 0 rings (SSSR count). The maximum absolute atomic E-state index is 12.1. The van der Waals surface area contributed by atoms with Crippen molar-refractivity contribution in [3.8, 4) is 0 Å². The van der Waals surface area contributed by atoms with Gasteiger partial charge in [-0.05, 0) is 19.4 Å². The number of nitrogens with one attached hydrogen (secondary N) is 2. The molecule has 1 unspecified atom stereocenters. The monoisotopic (exact) mass is 286 g/mol. The number of rotatable bonds is 10. The highest BCUT2D eigenvalue weighted by molar-refractivity contribution is 5.85. The number of unbranched alkanes of at least 4 members (excludes halogenated alkanes) is 1. The zero-order valence-electron chi connectivity index (χ0n) is 15.0. The highest BCUT2D eigenvalue weighted by Gasteiger charge is 2.20. The molecule has 3 heteroatoms. The second kappa shape index (κ2) is 13.6. The lowest BCUT2D eigenvalue weighted by molar-refractivity contribution is -0.124. The van der Waals surface area contributed by atoms with Crippen molar-refractivity contribution in [3.05, 3.63) is 0 Å². The molecule has 0 spiro atoms. The molecular formula is C17H38N2O. The topological polar surface area (TPSA) is 41.1 Å². The van der Waals surface area contributed by atoms with Gasteiger partial charge in [0.1, 0.15) is 0 Å². The zero-order valence-corrected chi connectivity index (χ0v) is 15.0. The molecule has 0 heterocycles. The molecule has 0 radical (unpaired) electrons. The predicted octanol–water partition coefficient (Wildman–Crippen LogP) is 3.77. The van der Waals surface area contributed by atoms with Crippen LogP contribution in [0.4, 0.5) is 0 Å². The van der Waals surface area contributed by atoms with Gasteiger partial charge in [0, 0.05) is 18.0 Å². The average molecular weight is 287 g/mol. The number of carbonyl (C=O) groups is 1. The van der Waals surface area contributed by atoms with E-state index in [1.165, 1.54) is 0 Å². The van der Waals surface area contributed by atoms with E-state index in [2.05, 4.69) is 38.3 Å². The summed E-state index contributed by atoms with van der Waals surface area (Å²) < 4.78 is 0. The van der Waals surface area contributed by atoms with Gasteiger partial charge in [0.2, 0.25) is 0 Å². The summed E-state index contributed by atoms with van der Waals surface area (Å²) in [6.45, 7) is 17.5. The smallest absolute Gasteiger partial charge is 0.152 e. The van der Waals surface area contributed by atoms with Crippen molar-refractivity contribution < 1.29 is 4.79 Å². The van der Waals surface area contributed by atoms with E-state index < -0.39 is 0 Å². The van der Waals surface area contributed by atoms with Crippen molar-refractivity contribution in [2.24, 2.45) is 5.92 Å². The summed E-state index contributed by atoms with van der Waals surface area (Å²) >= 11 is 0. The Balaban J connectivity index is 0. The summed E-state index contributed by atoms with van der Waals surface area (Å²) in [5.41, 5.74) is 0. The van der Waals surface area contributed by atoms with Crippen LogP contribution in [0, 0.1) is 5.92 Å². The number of hydrogen-bond donors (Lipinski definition) is 2. The first-order valence-corrected chi connectivity index (χ1v) is 8.37. The van der Waals surface area contributed by atoms with Crippen molar-refractivity contribution >= 4 is 5.78 Å². The van der Waals surface area contributed by atoms with Crippen LogP contribution in [-0.2, 0) is 4.79 Å². The third-order valence-electron chi connectivity index (χ3n) is 2.92. The number of hydrogen-bond acceptors (Lipinski definition) is 3. The lowest BCUT2D eigenvalue weighted by Gasteiger charge is -2.22. The largest absolute Gasteiger partial charge is 0.315 e. The molecule has 20 heavy (non-hydrogen) atoms. The first-order valence-electron chi connectivity index (χ1n) is 8.37. The van der Waals surface area contributed by atoms with Gasteiger partial charge in [-0.15, -0.1) is 0 Å². The molecule has 0 bridgehead atoms. The molecule has 0 aliphatic carbocycles. The average Bonchev–Trinajstić information content (AvgIpc) is 2.37. The Labute approximate surface area is 127 Å². The molecule has 0 aliphatic heterocycles. The Morgan fingerprint density at radius 2 is 1.45 bits per heavy atom. The van der Waals surface area contributed by atoms with Gasteiger partial charge in [0.25, 0.3) is 0 Å². The molecule has 0 amide bonds. The van der Waals surface area contributed by atoms with E-state index in [-0.39, 0.29) is 12.0 Å². The van der Waals surface area contributed by atoms with E-state index in [1.54, 1.807) is 0 Å². The second-order valence-corrected chi connectivity index (χ2v) is 6.04. The van der Waals surface area contributed by atoms with Gasteiger partial charge in [-0.2, -0.15) is 0 Å². The van der Waals surface area contributed by atoms with Crippen molar-refractivity contribution in [1.82, 2.24) is 10.6 Å². The third kappa shape index (κ3) is 12.6. The lowest BCUT2D eigenvalue weighted by atomic mass is 9.96. The van der Waals surface area contributed by atoms with E-state index in [0.717, 1.165) is 25.8 Å². The van der Waals surface area contributed by atoms with Gasteiger partial charge in [-0.3, -0.25) is 4.79 Å². The van der Waals surface area contributed by atoms with Gasteiger partial charge in [-0.1, -0.05) is 61.8 Å². The summed E-state index contributed by atoms with van der Waals surface area (Å²) in [6.07, 6.45) is 3.19. The summed E-state index contributed by atoms with van der Waals surface area (Å²) in [7, 11) is 0. The van der Waals surface area contributed by atoms with Crippen molar-refractivity contribution in [1.29, 1.82) is 0 Å². The number of carbonyl (C=O) groups excluding carboxylic acids is 1. The molecule has 0 aliphatic rings. The second-order valence-electron chi connectivity index (χ2n) is 6.04. The fraction of sp³-hybridized carbons (Fsp3) is 0.941. The van der Waals surface area contributed by atoms with E-state index in [1.807, 2.05) is 27.7 Å². The molecule has 0 fully saturated rings. The highest BCUT2D eigenvalue weighted by Crippen LogP contribution is 2.08. The van der Waals surface area contributed by atoms with Crippen molar-refractivity contribution in [3.63, 3.8) is 0 Å². The van der Waals surface area contributed by atoms with E-state index >= 15 is 0 Å². The molecule has 3 nitrogen and oxygen atoms in total. The Hall–Kier alpha value is -0.410. The molecule has 0 aromatic rings. The summed E-state index contributed by atoms with van der Waals surface area (Å²) in [6, 6.07) is 0.947. The molecule has 0 aromatic carbocycles. The first kappa shape index (κ1) is 21.9. The Kier molecular flexibility index (Phi) is 14.8. The van der Waals surface area contributed by atoms with Crippen LogP contribution in [0.25, 0.3) is 0 Å². The van der Waals surface area contributed by atoms with E-state index in [4.69, 9.17) is 0 Å². The normalized spacial score (nSPS) is 12.6. The minimum atomic E-state index is 0.0315. The van der Waals surface area contributed by atoms with E-state index in [9.17, 15) is 4.79 Å². The van der Waals surface area contributed by atoms with Crippen LogP contribution in [0.15, 0.2) is 0 Å². The minimum absolute atomic E-state index is 0.0315. The number of ketones is 1. The predicted molar refractivity (Wildman–Crippen MR) is 90.2 cm³/mol. The summed E-state index contributed by atoms with van der Waals surface area (Å²) in [4.78, 5) is 12.1. The highest BCUT2D eigenvalue weighted by atomic mass is 16.1. The standard InChI is InChI=1S/C15H32N2O.C2H6/c1-11(2)15(18)14(17-13(5)6)9-7-8-10-16-12(3)4;1-2/h11-14,16-17H,7-10H2,1-6H3;1-2H3. The molecule has 0 aromatic heterocycles. The molecule has 0 saturated heterocycles. The summed E-state index contributed by atoms with van der Waals surface area (Å²) in [5.74, 6) is 0.468. The quantitative estimate of drug-likeness (QED) is 0.601. The van der Waals surface area contributed by atoms with Crippen LogP contribution in [0.3, 0.4) is 0 Å². The van der Waals surface area contributed by atoms with Gasteiger partial charge < -0.3 is 10.6 Å². The first-order chi connectivity index (χ1) is 9.34. The fourth-order valence-corrected chi connectivity index (χ4v) is 1.98. The van der Waals surface area contributed by atoms with Gasteiger partial charge in [0.05, 0.1) is 6.04 Å². The zero-order chi connectivity index (χ0) is 16.1. The van der Waals surface area contributed by atoms with Crippen LogP contribution in [-0.4, -0.2) is 30.5 Å².